The molecular weight excluding hydrogens is 466 g/mol. The number of methoxy groups -OCH3 is 1. The zero-order valence-corrected chi connectivity index (χ0v) is 21.4. The number of para-hydroxylation sites is 3. The molecule has 2 aromatic heterocycles. The molecule has 1 N–H and O–H groups in total. The summed E-state index contributed by atoms with van der Waals surface area (Å²) in [7, 11) is 1.71. The molecule has 9 heteroatoms. The SMILES string of the molecule is COc1ccccc1N1CCN([C@@H](c2cc3cccc(C)c3[nH]c2=O)c2nnnn2C2CCCC2)CC1. The maximum Gasteiger partial charge on any atom is 0.253 e. The van der Waals surface area contributed by atoms with Gasteiger partial charge < -0.3 is 14.6 Å². The van der Waals surface area contributed by atoms with E-state index in [1.54, 1.807) is 7.11 Å². The summed E-state index contributed by atoms with van der Waals surface area (Å²) in [6, 6.07) is 16.2. The van der Waals surface area contributed by atoms with Gasteiger partial charge >= 0.3 is 0 Å². The number of aromatic nitrogens is 5. The molecule has 2 aromatic carbocycles. The van der Waals surface area contributed by atoms with Crippen molar-refractivity contribution in [2.24, 2.45) is 0 Å². The van der Waals surface area contributed by atoms with E-state index in [0.29, 0.717) is 5.56 Å². The summed E-state index contributed by atoms with van der Waals surface area (Å²) in [4.78, 5) is 21.4. The van der Waals surface area contributed by atoms with Crippen LogP contribution >= 0.6 is 0 Å². The van der Waals surface area contributed by atoms with Gasteiger partial charge in [0.15, 0.2) is 5.82 Å². The van der Waals surface area contributed by atoms with Gasteiger partial charge in [0.05, 0.1) is 24.4 Å². The molecule has 0 bridgehead atoms. The molecule has 0 spiro atoms. The van der Waals surface area contributed by atoms with Crippen molar-refractivity contribution in [2.75, 3.05) is 38.2 Å². The van der Waals surface area contributed by atoms with Gasteiger partial charge in [-0.3, -0.25) is 9.69 Å². The first-order chi connectivity index (χ1) is 18.1. The third kappa shape index (κ3) is 4.37. The van der Waals surface area contributed by atoms with Crippen LogP contribution in [0.1, 0.15) is 54.7 Å². The second kappa shape index (κ2) is 9.97. The number of tetrazole rings is 1. The predicted octanol–water partition coefficient (Wildman–Crippen LogP) is 3.86. The molecule has 2 aliphatic rings. The van der Waals surface area contributed by atoms with E-state index in [4.69, 9.17) is 4.74 Å². The molecule has 0 radical (unpaired) electrons. The number of hydrogen-bond donors (Lipinski definition) is 1. The van der Waals surface area contributed by atoms with Crippen LogP contribution in [0, 0.1) is 6.92 Å². The monoisotopic (exact) mass is 499 g/mol. The Balaban J connectivity index is 1.39. The lowest BCUT2D eigenvalue weighted by Gasteiger charge is -2.40. The van der Waals surface area contributed by atoms with Gasteiger partial charge in [0.25, 0.3) is 5.56 Å². The fourth-order valence-corrected chi connectivity index (χ4v) is 6.00. The third-order valence-corrected chi connectivity index (χ3v) is 7.95. The summed E-state index contributed by atoms with van der Waals surface area (Å²) < 4.78 is 7.60. The number of nitrogens with zero attached hydrogens (tertiary/aromatic N) is 6. The molecule has 3 heterocycles. The Hall–Kier alpha value is -3.72. The number of H-pyrrole nitrogens is 1. The molecular formula is C28H33N7O2. The van der Waals surface area contributed by atoms with Gasteiger partial charge in [0.2, 0.25) is 0 Å². The van der Waals surface area contributed by atoms with Crippen LogP contribution < -0.4 is 15.2 Å². The van der Waals surface area contributed by atoms with Crippen molar-refractivity contribution in [3.8, 4) is 5.75 Å². The highest BCUT2D eigenvalue weighted by molar-refractivity contribution is 5.82. The molecule has 1 saturated heterocycles. The van der Waals surface area contributed by atoms with Crippen molar-refractivity contribution in [3.05, 3.63) is 75.8 Å². The van der Waals surface area contributed by atoms with E-state index in [0.717, 1.165) is 72.7 Å². The third-order valence-electron chi connectivity index (χ3n) is 7.95. The molecule has 1 aliphatic carbocycles. The van der Waals surface area contributed by atoms with Crippen LogP contribution in [0.25, 0.3) is 10.9 Å². The topological polar surface area (TPSA) is 92.2 Å². The number of nitrogens with one attached hydrogen (secondary N) is 1. The largest absolute Gasteiger partial charge is 0.495 e. The molecule has 0 amide bonds. The quantitative estimate of drug-likeness (QED) is 0.431. The highest BCUT2D eigenvalue weighted by atomic mass is 16.5. The summed E-state index contributed by atoms with van der Waals surface area (Å²) in [5.74, 6) is 1.63. The standard InChI is InChI=1S/C28H33N7O2/c1-19-8-7-9-20-18-22(28(36)29-25(19)20)26(27-30-31-32-35(27)21-10-3-4-11-21)34-16-14-33(15-17-34)23-12-5-6-13-24(23)37-2/h5-9,12-13,18,21,26H,3-4,10-11,14-17H2,1-2H3,(H,29,36)/t26-/m0/s1. The minimum absolute atomic E-state index is 0.0834. The van der Waals surface area contributed by atoms with Crippen molar-refractivity contribution >= 4 is 16.6 Å². The molecule has 1 saturated carbocycles. The molecule has 1 atom stereocenters. The van der Waals surface area contributed by atoms with Crippen LogP contribution in [0.15, 0.2) is 53.3 Å². The van der Waals surface area contributed by atoms with E-state index in [1.807, 2.05) is 48.0 Å². The molecule has 9 nitrogen and oxygen atoms in total. The summed E-state index contributed by atoms with van der Waals surface area (Å²) in [5.41, 5.74) is 3.64. The number of aryl methyl sites for hydroxylation is 1. The number of ether oxygens (including phenoxy) is 1. The molecule has 192 valence electrons. The van der Waals surface area contributed by atoms with Gasteiger partial charge in [0.1, 0.15) is 11.8 Å². The highest BCUT2D eigenvalue weighted by Crippen LogP contribution is 2.35. The number of fused-ring (bicyclic) bond motifs is 1. The number of rotatable bonds is 6. The molecule has 6 rings (SSSR count). The average molecular weight is 500 g/mol. The Bertz CT molecular complexity index is 1450. The Kier molecular flexibility index (Phi) is 6.38. The average Bonchev–Trinajstić information content (AvgIpc) is 3.63. The maximum atomic E-state index is 13.6. The van der Waals surface area contributed by atoms with Crippen molar-refractivity contribution in [1.82, 2.24) is 30.1 Å². The van der Waals surface area contributed by atoms with Crippen LogP contribution in [-0.2, 0) is 0 Å². The Labute approximate surface area is 216 Å². The Morgan fingerprint density at radius 2 is 1.81 bits per heavy atom. The first kappa shape index (κ1) is 23.7. The fourth-order valence-electron chi connectivity index (χ4n) is 6.00. The Morgan fingerprint density at radius 3 is 2.59 bits per heavy atom. The van der Waals surface area contributed by atoms with Gasteiger partial charge in [0, 0.05) is 31.7 Å². The number of piperazine rings is 1. The molecule has 0 unspecified atom stereocenters. The minimum atomic E-state index is -0.330. The second-order valence-corrected chi connectivity index (χ2v) is 10.1. The molecule has 2 fully saturated rings. The van der Waals surface area contributed by atoms with E-state index >= 15 is 0 Å². The smallest absolute Gasteiger partial charge is 0.253 e. The van der Waals surface area contributed by atoms with Crippen molar-refractivity contribution in [1.29, 1.82) is 0 Å². The number of anilines is 1. The number of pyridine rings is 1. The van der Waals surface area contributed by atoms with Crippen LogP contribution in [0.2, 0.25) is 0 Å². The fraction of sp³-hybridized carbons (Fsp3) is 0.429. The zero-order chi connectivity index (χ0) is 25.4. The normalized spacial score (nSPS) is 17.9. The van der Waals surface area contributed by atoms with Crippen LogP contribution in [0.5, 0.6) is 5.75 Å². The van der Waals surface area contributed by atoms with E-state index < -0.39 is 0 Å². The molecule has 4 aromatic rings. The van der Waals surface area contributed by atoms with Gasteiger partial charge in [-0.05, 0) is 59.3 Å². The van der Waals surface area contributed by atoms with E-state index in [1.165, 1.54) is 12.8 Å². The van der Waals surface area contributed by atoms with Gasteiger partial charge in [-0.2, -0.15) is 0 Å². The van der Waals surface area contributed by atoms with Crippen molar-refractivity contribution < 1.29 is 4.74 Å². The number of aromatic amines is 1. The van der Waals surface area contributed by atoms with Crippen molar-refractivity contribution in [2.45, 2.75) is 44.7 Å². The van der Waals surface area contributed by atoms with Gasteiger partial charge in [-0.15, -0.1) is 5.10 Å². The summed E-state index contributed by atoms with van der Waals surface area (Å²) >= 11 is 0. The summed E-state index contributed by atoms with van der Waals surface area (Å²) in [6.45, 7) is 5.18. The van der Waals surface area contributed by atoms with Crippen molar-refractivity contribution in [3.63, 3.8) is 0 Å². The second-order valence-electron chi connectivity index (χ2n) is 10.1. The number of benzene rings is 2. The van der Waals surface area contributed by atoms with Crippen LogP contribution in [0.4, 0.5) is 5.69 Å². The summed E-state index contributed by atoms with van der Waals surface area (Å²) in [6.07, 6.45) is 4.50. The van der Waals surface area contributed by atoms with Crippen LogP contribution in [-0.4, -0.2) is 63.4 Å². The highest BCUT2D eigenvalue weighted by Gasteiger charge is 2.35. The first-order valence-electron chi connectivity index (χ1n) is 13.2. The van der Waals surface area contributed by atoms with E-state index in [2.05, 4.69) is 42.4 Å². The first-order valence-corrected chi connectivity index (χ1v) is 13.2. The molecule has 1 aliphatic heterocycles. The maximum absolute atomic E-state index is 13.6. The lowest BCUT2D eigenvalue weighted by Crippen LogP contribution is -2.49. The van der Waals surface area contributed by atoms with E-state index in [9.17, 15) is 4.79 Å². The Morgan fingerprint density at radius 1 is 1.03 bits per heavy atom. The molecule has 37 heavy (non-hydrogen) atoms. The van der Waals surface area contributed by atoms with E-state index in [-0.39, 0.29) is 17.6 Å². The van der Waals surface area contributed by atoms with Crippen LogP contribution in [0.3, 0.4) is 0 Å². The zero-order valence-electron chi connectivity index (χ0n) is 21.4. The van der Waals surface area contributed by atoms with Gasteiger partial charge in [-0.25, -0.2) is 4.68 Å². The lowest BCUT2D eigenvalue weighted by molar-refractivity contribution is 0.196. The minimum Gasteiger partial charge on any atom is -0.495 e. The number of hydrogen-bond acceptors (Lipinski definition) is 7. The lowest BCUT2D eigenvalue weighted by atomic mass is 10.0. The predicted molar refractivity (Wildman–Crippen MR) is 143 cm³/mol. The summed E-state index contributed by atoms with van der Waals surface area (Å²) in [5, 5.41) is 14.1. The van der Waals surface area contributed by atoms with Gasteiger partial charge in [-0.1, -0.05) is 43.2 Å².